The zero-order valence-corrected chi connectivity index (χ0v) is 11.3. The average Bonchev–Trinajstić information content (AvgIpc) is 3.27. The Morgan fingerprint density at radius 2 is 2.16 bits per heavy atom. The molecule has 1 atom stereocenters. The second kappa shape index (κ2) is 5.87. The average molecular weight is 261 g/mol. The molecule has 4 nitrogen and oxygen atoms in total. The standard InChI is InChI=1S/C15H19NO3/c1-11(12-7-8-12)16(2)15(18)10-19-14-6-4-3-5-13(14)9-17/h3-6,9,11-12H,7-8,10H2,1-2H3. The number of hydrogen-bond acceptors (Lipinski definition) is 3. The van der Waals surface area contributed by atoms with E-state index in [1.54, 1.807) is 36.2 Å². The quantitative estimate of drug-likeness (QED) is 0.737. The summed E-state index contributed by atoms with van der Waals surface area (Å²) in [5.74, 6) is 1.04. The minimum Gasteiger partial charge on any atom is -0.483 e. The number of para-hydroxylation sites is 1. The predicted octanol–water partition coefficient (Wildman–Crippen LogP) is 2.13. The Hall–Kier alpha value is -1.84. The molecule has 0 aliphatic heterocycles. The lowest BCUT2D eigenvalue weighted by atomic mass is 10.2. The summed E-state index contributed by atoms with van der Waals surface area (Å²) in [6.45, 7) is 2.04. The molecule has 0 radical (unpaired) electrons. The first-order valence-electron chi connectivity index (χ1n) is 6.56. The molecule has 1 aliphatic carbocycles. The van der Waals surface area contributed by atoms with E-state index in [0.717, 1.165) is 6.29 Å². The van der Waals surface area contributed by atoms with Gasteiger partial charge < -0.3 is 9.64 Å². The number of ether oxygens (including phenoxy) is 1. The van der Waals surface area contributed by atoms with Crippen LogP contribution in [0.3, 0.4) is 0 Å². The molecule has 0 spiro atoms. The van der Waals surface area contributed by atoms with Gasteiger partial charge in [0.15, 0.2) is 12.9 Å². The molecule has 0 bridgehead atoms. The van der Waals surface area contributed by atoms with E-state index in [1.165, 1.54) is 12.8 Å². The van der Waals surface area contributed by atoms with E-state index in [-0.39, 0.29) is 18.6 Å². The maximum atomic E-state index is 12.0. The Bertz CT molecular complexity index is 468. The molecule has 0 heterocycles. The predicted molar refractivity (Wildman–Crippen MR) is 72.3 cm³/mol. The van der Waals surface area contributed by atoms with E-state index in [4.69, 9.17) is 4.74 Å². The molecule has 0 N–H and O–H groups in total. The van der Waals surface area contributed by atoms with E-state index >= 15 is 0 Å². The van der Waals surface area contributed by atoms with Crippen LogP contribution in [0.25, 0.3) is 0 Å². The van der Waals surface area contributed by atoms with Crippen molar-refractivity contribution in [2.45, 2.75) is 25.8 Å². The third kappa shape index (κ3) is 3.34. The number of likely N-dealkylation sites (N-methyl/N-ethyl adjacent to an activating group) is 1. The summed E-state index contributed by atoms with van der Waals surface area (Å²) >= 11 is 0. The van der Waals surface area contributed by atoms with Crippen molar-refractivity contribution in [3.8, 4) is 5.75 Å². The second-order valence-corrected chi connectivity index (χ2v) is 5.03. The number of rotatable bonds is 6. The zero-order chi connectivity index (χ0) is 13.8. The molecule has 19 heavy (non-hydrogen) atoms. The van der Waals surface area contributed by atoms with Crippen LogP contribution in [0, 0.1) is 5.92 Å². The van der Waals surface area contributed by atoms with E-state index in [0.29, 0.717) is 17.2 Å². The van der Waals surface area contributed by atoms with Gasteiger partial charge in [-0.2, -0.15) is 0 Å². The number of carbonyl (C=O) groups is 2. The molecular formula is C15H19NO3. The van der Waals surface area contributed by atoms with Crippen molar-refractivity contribution in [1.29, 1.82) is 0 Å². The van der Waals surface area contributed by atoms with Crippen LogP contribution >= 0.6 is 0 Å². The van der Waals surface area contributed by atoms with Crippen LogP contribution in [0.5, 0.6) is 5.75 Å². The zero-order valence-electron chi connectivity index (χ0n) is 11.3. The third-order valence-corrected chi connectivity index (χ3v) is 3.71. The summed E-state index contributed by atoms with van der Waals surface area (Å²) in [6.07, 6.45) is 3.14. The Labute approximate surface area is 113 Å². The van der Waals surface area contributed by atoms with Crippen molar-refractivity contribution in [3.63, 3.8) is 0 Å². The number of aldehydes is 1. The van der Waals surface area contributed by atoms with Crippen LogP contribution in [-0.2, 0) is 4.79 Å². The van der Waals surface area contributed by atoms with E-state index in [9.17, 15) is 9.59 Å². The highest BCUT2D eigenvalue weighted by Gasteiger charge is 2.32. The number of hydrogen-bond donors (Lipinski definition) is 0. The molecule has 1 aliphatic rings. The number of nitrogens with zero attached hydrogens (tertiary/aromatic N) is 1. The summed E-state index contributed by atoms with van der Waals surface area (Å²) in [6, 6.07) is 7.17. The highest BCUT2D eigenvalue weighted by Crippen LogP contribution is 2.34. The van der Waals surface area contributed by atoms with Gasteiger partial charge in [0.25, 0.3) is 5.91 Å². The Balaban J connectivity index is 1.90. The van der Waals surface area contributed by atoms with Crippen LogP contribution in [0.1, 0.15) is 30.1 Å². The van der Waals surface area contributed by atoms with Gasteiger partial charge in [-0.25, -0.2) is 0 Å². The van der Waals surface area contributed by atoms with Gasteiger partial charge in [0.2, 0.25) is 0 Å². The SMILES string of the molecule is CC(C1CC1)N(C)C(=O)COc1ccccc1C=O. The molecule has 1 amide bonds. The lowest BCUT2D eigenvalue weighted by molar-refractivity contribution is -0.134. The fourth-order valence-electron chi connectivity index (χ4n) is 2.07. The fourth-order valence-corrected chi connectivity index (χ4v) is 2.07. The molecule has 102 valence electrons. The normalized spacial score (nSPS) is 15.7. The molecule has 1 aromatic carbocycles. The lowest BCUT2D eigenvalue weighted by Gasteiger charge is -2.24. The molecule has 1 saturated carbocycles. The largest absolute Gasteiger partial charge is 0.483 e. The molecule has 1 fully saturated rings. The van der Waals surface area contributed by atoms with E-state index in [1.807, 2.05) is 0 Å². The van der Waals surface area contributed by atoms with Gasteiger partial charge in [-0.15, -0.1) is 0 Å². The van der Waals surface area contributed by atoms with Crippen molar-refractivity contribution >= 4 is 12.2 Å². The monoisotopic (exact) mass is 261 g/mol. The van der Waals surface area contributed by atoms with Crippen LogP contribution < -0.4 is 4.74 Å². The van der Waals surface area contributed by atoms with E-state index < -0.39 is 0 Å². The molecule has 4 heteroatoms. The minimum absolute atomic E-state index is 0.0294. The van der Waals surface area contributed by atoms with Crippen molar-refractivity contribution in [2.24, 2.45) is 5.92 Å². The summed E-state index contributed by atoms with van der Waals surface area (Å²) in [7, 11) is 1.81. The maximum Gasteiger partial charge on any atom is 0.260 e. The van der Waals surface area contributed by atoms with Gasteiger partial charge in [0.1, 0.15) is 5.75 Å². The van der Waals surface area contributed by atoms with Gasteiger partial charge in [-0.3, -0.25) is 9.59 Å². The van der Waals surface area contributed by atoms with Crippen molar-refractivity contribution in [2.75, 3.05) is 13.7 Å². The summed E-state index contributed by atoms with van der Waals surface area (Å²) < 4.78 is 5.44. The minimum atomic E-state index is -0.0555. The maximum absolute atomic E-state index is 12.0. The lowest BCUT2D eigenvalue weighted by Crippen LogP contribution is -2.39. The van der Waals surface area contributed by atoms with Crippen LogP contribution in [0.15, 0.2) is 24.3 Å². The van der Waals surface area contributed by atoms with E-state index in [2.05, 4.69) is 6.92 Å². The van der Waals surface area contributed by atoms with Gasteiger partial charge in [0.05, 0.1) is 5.56 Å². The number of benzene rings is 1. The molecular weight excluding hydrogens is 242 g/mol. The van der Waals surface area contributed by atoms with Crippen LogP contribution in [0.4, 0.5) is 0 Å². The molecule has 2 rings (SSSR count). The Morgan fingerprint density at radius 3 is 2.79 bits per heavy atom. The highest BCUT2D eigenvalue weighted by atomic mass is 16.5. The summed E-state index contributed by atoms with van der Waals surface area (Å²) in [5.41, 5.74) is 0.466. The third-order valence-electron chi connectivity index (χ3n) is 3.71. The molecule has 1 unspecified atom stereocenters. The van der Waals surface area contributed by atoms with Gasteiger partial charge in [-0.05, 0) is 37.8 Å². The number of carbonyl (C=O) groups excluding carboxylic acids is 2. The summed E-state index contributed by atoms with van der Waals surface area (Å²) in [4.78, 5) is 24.6. The first kappa shape index (κ1) is 13.6. The van der Waals surface area contributed by atoms with Gasteiger partial charge in [0, 0.05) is 13.1 Å². The van der Waals surface area contributed by atoms with Crippen LogP contribution in [-0.4, -0.2) is 36.8 Å². The number of amides is 1. The molecule has 1 aromatic rings. The smallest absolute Gasteiger partial charge is 0.260 e. The van der Waals surface area contributed by atoms with Gasteiger partial charge >= 0.3 is 0 Å². The first-order valence-corrected chi connectivity index (χ1v) is 6.56. The van der Waals surface area contributed by atoms with Crippen LogP contribution in [0.2, 0.25) is 0 Å². The summed E-state index contributed by atoms with van der Waals surface area (Å²) in [5, 5.41) is 0. The van der Waals surface area contributed by atoms with Crippen molar-refractivity contribution in [1.82, 2.24) is 4.90 Å². The first-order chi connectivity index (χ1) is 9.13. The Kier molecular flexibility index (Phi) is 4.20. The van der Waals surface area contributed by atoms with Crippen molar-refractivity contribution < 1.29 is 14.3 Å². The topological polar surface area (TPSA) is 46.6 Å². The Morgan fingerprint density at radius 1 is 1.47 bits per heavy atom. The molecule has 0 aromatic heterocycles. The fraction of sp³-hybridized carbons (Fsp3) is 0.467. The molecule has 0 saturated heterocycles. The van der Waals surface area contributed by atoms with Crippen molar-refractivity contribution in [3.05, 3.63) is 29.8 Å². The van der Waals surface area contributed by atoms with Gasteiger partial charge in [-0.1, -0.05) is 12.1 Å². The second-order valence-electron chi connectivity index (χ2n) is 5.03. The highest BCUT2D eigenvalue weighted by molar-refractivity contribution is 5.80.